The number of fused-ring (bicyclic) bond motifs is 3. The van der Waals surface area contributed by atoms with Gasteiger partial charge in [-0.25, -0.2) is 4.98 Å². The van der Waals surface area contributed by atoms with Crippen molar-refractivity contribution in [1.82, 2.24) is 14.5 Å². The lowest BCUT2D eigenvalue weighted by Gasteiger charge is -2.36. The van der Waals surface area contributed by atoms with E-state index in [9.17, 15) is 9.90 Å². The van der Waals surface area contributed by atoms with Crippen molar-refractivity contribution in [2.75, 3.05) is 7.05 Å². The van der Waals surface area contributed by atoms with E-state index < -0.39 is 6.10 Å². The predicted molar refractivity (Wildman–Crippen MR) is 137 cm³/mol. The van der Waals surface area contributed by atoms with Gasteiger partial charge in [-0.15, -0.1) is 11.3 Å². The number of hydrogen-bond donors (Lipinski definition) is 1. The van der Waals surface area contributed by atoms with Gasteiger partial charge in [-0.3, -0.25) is 9.36 Å². The standard InChI is InChI=1S/C27H35N3O3S/c1-4-17(2)11-21(31)14-24-15-25-26(34-24)27(32)30(16-28-25)18-7-9-22(10-8-18)33-23-12-19-5-6-20(13-23)29(19)3/h7-10,15-17,19-21,23,31H,4-6,11-14H2,1-3H3/t17?,19-,20+,21?,23?. The molecule has 0 aliphatic carbocycles. The Morgan fingerprint density at radius 2 is 1.91 bits per heavy atom. The summed E-state index contributed by atoms with van der Waals surface area (Å²) < 4.78 is 8.53. The molecule has 2 aliphatic heterocycles. The highest BCUT2D eigenvalue weighted by molar-refractivity contribution is 7.18. The van der Waals surface area contributed by atoms with E-state index in [4.69, 9.17) is 4.74 Å². The largest absolute Gasteiger partial charge is 0.490 e. The number of aromatic nitrogens is 2. The van der Waals surface area contributed by atoms with Crippen molar-refractivity contribution in [3.63, 3.8) is 0 Å². The van der Waals surface area contributed by atoms with Crippen LogP contribution in [0.3, 0.4) is 0 Å². The summed E-state index contributed by atoms with van der Waals surface area (Å²) in [5.41, 5.74) is 1.41. The lowest BCUT2D eigenvalue weighted by Crippen LogP contribution is -2.43. The van der Waals surface area contributed by atoms with Gasteiger partial charge in [0.05, 0.1) is 17.3 Å². The summed E-state index contributed by atoms with van der Waals surface area (Å²) in [6.45, 7) is 4.29. The number of ether oxygens (including phenoxy) is 1. The van der Waals surface area contributed by atoms with Gasteiger partial charge in [-0.05, 0) is 75.4 Å². The Balaban J connectivity index is 1.29. The maximum Gasteiger partial charge on any atom is 0.275 e. The van der Waals surface area contributed by atoms with Crippen molar-refractivity contribution in [2.45, 2.75) is 83.1 Å². The van der Waals surface area contributed by atoms with Crippen LogP contribution in [0.1, 0.15) is 57.2 Å². The van der Waals surface area contributed by atoms with E-state index in [-0.39, 0.29) is 11.7 Å². The molecule has 0 saturated carbocycles. The maximum absolute atomic E-state index is 13.2. The van der Waals surface area contributed by atoms with E-state index >= 15 is 0 Å². The van der Waals surface area contributed by atoms with Gasteiger partial charge in [-0.1, -0.05) is 20.3 Å². The molecule has 34 heavy (non-hydrogen) atoms. The van der Waals surface area contributed by atoms with Crippen molar-refractivity contribution in [1.29, 1.82) is 0 Å². The summed E-state index contributed by atoms with van der Waals surface area (Å²) in [6, 6.07) is 11.0. The molecule has 2 aliphatic rings. The van der Waals surface area contributed by atoms with Gasteiger partial charge < -0.3 is 14.7 Å². The van der Waals surface area contributed by atoms with Crippen LogP contribution in [0, 0.1) is 5.92 Å². The monoisotopic (exact) mass is 481 g/mol. The molecular formula is C27H35N3O3S. The first-order valence-corrected chi connectivity index (χ1v) is 13.4. The van der Waals surface area contributed by atoms with Crippen LogP contribution in [-0.2, 0) is 6.42 Å². The number of benzene rings is 1. The molecule has 5 atom stereocenters. The molecule has 7 heteroatoms. The molecule has 0 radical (unpaired) electrons. The Bertz CT molecular complexity index is 1170. The van der Waals surface area contributed by atoms with Crippen LogP contribution in [0.5, 0.6) is 5.75 Å². The number of aliphatic hydroxyl groups excluding tert-OH is 1. The summed E-state index contributed by atoms with van der Waals surface area (Å²) in [5.74, 6) is 1.34. The zero-order chi connectivity index (χ0) is 23.8. The molecule has 3 aromatic rings. The van der Waals surface area contributed by atoms with Gasteiger partial charge in [0, 0.05) is 23.4 Å². The third-order valence-corrected chi connectivity index (χ3v) is 8.90. The van der Waals surface area contributed by atoms with Gasteiger partial charge in [0.25, 0.3) is 5.56 Å². The van der Waals surface area contributed by atoms with E-state index in [0.717, 1.165) is 42.0 Å². The van der Waals surface area contributed by atoms with Gasteiger partial charge in [0.1, 0.15) is 22.9 Å². The van der Waals surface area contributed by atoms with E-state index in [2.05, 4.69) is 30.8 Å². The van der Waals surface area contributed by atoms with Gasteiger partial charge >= 0.3 is 0 Å². The highest BCUT2D eigenvalue weighted by Crippen LogP contribution is 2.36. The fraction of sp³-hybridized carbons (Fsp3) is 0.556. The van der Waals surface area contributed by atoms with E-state index in [0.29, 0.717) is 34.6 Å². The second-order valence-electron chi connectivity index (χ2n) is 10.2. The third kappa shape index (κ3) is 4.79. The third-order valence-electron chi connectivity index (χ3n) is 7.77. The zero-order valence-electron chi connectivity index (χ0n) is 20.3. The van der Waals surface area contributed by atoms with Crippen LogP contribution >= 0.6 is 11.3 Å². The zero-order valence-corrected chi connectivity index (χ0v) is 21.1. The number of aliphatic hydroxyl groups is 1. The van der Waals surface area contributed by atoms with Crippen LogP contribution in [-0.4, -0.2) is 50.9 Å². The van der Waals surface area contributed by atoms with Gasteiger partial charge in [0.2, 0.25) is 0 Å². The quantitative estimate of drug-likeness (QED) is 0.501. The molecule has 182 valence electrons. The molecular weight excluding hydrogens is 446 g/mol. The Kier molecular flexibility index (Phi) is 6.78. The number of hydrogen-bond acceptors (Lipinski definition) is 6. The molecule has 2 fully saturated rings. The molecule has 2 aromatic heterocycles. The summed E-state index contributed by atoms with van der Waals surface area (Å²) in [6.07, 6.45) is 8.59. The number of piperidine rings is 1. The first-order valence-electron chi connectivity index (χ1n) is 12.6. The highest BCUT2D eigenvalue weighted by Gasteiger charge is 2.39. The number of thiophene rings is 1. The number of rotatable bonds is 8. The summed E-state index contributed by atoms with van der Waals surface area (Å²) >= 11 is 1.44. The fourth-order valence-corrected chi connectivity index (χ4v) is 6.64. The van der Waals surface area contributed by atoms with Gasteiger partial charge in [0.15, 0.2) is 0 Å². The maximum atomic E-state index is 13.2. The lowest BCUT2D eigenvalue weighted by molar-refractivity contribution is 0.0662. The SMILES string of the molecule is CCC(C)CC(O)Cc1cc2ncn(-c3ccc(OC4C[C@H]5CC[C@@H](C4)N5C)cc3)c(=O)c2s1. The minimum absolute atomic E-state index is 0.0711. The van der Waals surface area contributed by atoms with Crippen LogP contribution in [0.25, 0.3) is 15.9 Å². The van der Waals surface area contributed by atoms with Crippen molar-refractivity contribution >= 4 is 21.6 Å². The molecule has 1 aromatic carbocycles. The van der Waals surface area contributed by atoms with Crippen LogP contribution < -0.4 is 10.3 Å². The molecule has 0 amide bonds. The number of nitrogens with zero attached hydrogens (tertiary/aromatic N) is 3. The molecule has 2 bridgehead atoms. The van der Waals surface area contributed by atoms with E-state index in [1.54, 1.807) is 10.9 Å². The van der Waals surface area contributed by atoms with Crippen LogP contribution in [0.4, 0.5) is 0 Å². The van der Waals surface area contributed by atoms with Crippen molar-refractivity contribution in [2.24, 2.45) is 5.92 Å². The molecule has 0 spiro atoms. The molecule has 5 rings (SSSR count). The van der Waals surface area contributed by atoms with Crippen molar-refractivity contribution in [3.05, 3.63) is 51.9 Å². The smallest absolute Gasteiger partial charge is 0.275 e. The summed E-state index contributed by atoms with van der Waals surface area (Å²) in [4.78, 5) is 21.2. The first-order chi connectivity index (χ1) is 16.4. The first kappa shape index (κ1) is 23.5. The van der Waals surface area contributed by atoms with Gasteiger partial charge in [-0.2, -0.15) is 0 Å². The molecule has 2 saturated heterocycles. The van der Waals surface area contributed by atoms with Crippen LogP contribution in [0.2, 0.25) is 0 Å². The van der Waals surface area contributed by atoms with Crippen molar-refractivity contribution in [3.8, 4) is 11.4 Å². The minimum atomic E-state index is -0.391. The summed E-state index contributed by atoms with van der Waals surface area (Å²) in [7, 11) is 2.24. The Hall–Kier alpha value is -2.22. The Morgan fingerprint density at radius 3 is 2.59 bits per heavy atom. The molecule has 1 N–H and O–H groups in total. The van der Waals surface area contributed by atoms with Crippen molar-refractivity contribution < 1.29 is 9.84 Å². The average molecular weight is 482 g/mol. The second-order valence-corrected chi connectivity index (χ2v) is 11.3. The summed E-state index contributed by atoms with van der Waals surface area (Å²) in [5, 5.41) is 10.4. The van der Waals surface area contributed by atoms with E-state index in [1.807, 2.05) is 30.3 Å². The average Bonchev–Trinajstić information content (AvgIpc) is 3.30. The molecule has 4 heterocycles. The fourth-order valence-electron chi connectivity index (χ4n) is 5.53. The van der Waals surface area contributed by atoms with Crippen LogP contribution in [0.15, 0.2) is 41.5 Å². The predicted octanol–water partition coefficient (Wildman–Crippen LogP) is 4.79. The Labute approximate surface area is 205 Å². The lowest BCUT2D eigenvalue weighted by atomic mass is 9.99. The minimum Gasteiger partial charge on any atom is -0.490 e. The molecule has 3 unspecified atom stereocenters. The topological polar surface area (TPSA) is 67.6 Å². The highest BCUT2D eigenvalue weighted by atomic mass is 32.1. The Morgan fingerprint density at radius 1 is 1.21 bits per heavy atom. The van der Waals surface area contributed by atoms with E-state index in [1.165, 1.54) is 24.2 Å². The molecule has 6 nitrogen and oxygen atoms in total. The normalized spacial score (nSPS) is 24.4. The second kappa shape index (κ2) is 9.80.